The monoisotopic (exact) mass is 955 g/mol. The van der Waals surface area contributed by atoms with Crippen LogP contribution in [0.4, 0.5) is 0 Å². The summed E-state index contributed by atoms with van der Waals surface area (Å²) in [6.45, 7) is 8.83. The average Bonchev–Trinajstić information content (AvgIpc) is 3.34. The van der Waals surface area contributed by atoms with Gasteiger partial charge in [-0.15, -0.1) is 0 Å². The van der Waals surface area contributed by atoms with Crippen LogP contribution in [0.2, 0.25) is 0 Å². The highest BCUT2D eigenvalue weighted by molar-refractivity contribution is 5.67. The molecule has 0 saturated carbocycles. The van der Waals surface area contributed by atoms with Crippen molar-refractivity contribution in [3.63, 3.8) is 0 Å². The van der Waals surface area contributed by atoms with E-state index in [4.69, 9.17) is 14.2 Å². The molecule has 1 aromatic carbocycles. The molecule has 0 fully saturated rings. The SMILES string of the molecule is CCCCCCCCCCCCCCCCCCOc1cc(CCC(=O)O)cc(OCCCCCCCCCCCCCCCCCC)c1OCCCCCCCCCCCCCCCCCC. The van der Waals surface area contributed by atoms with Gasteiger partial charge >= 0.3 is 5.97 Å². The number of benzene rings is 1. The van der Waals surface area contributed by atoms with Crippen LogP contribution in [0, 0.1) is 0 Å². The third kappa shape index (κ3) is 44.1. The zero-order valence-corrected chi connectivity index (χ0v) is 46.2. The molecule has 1 N–H and O–H groups in total. The largest absolute Gasteiger partial charge is 0.490 e. The minimum atomic E-state index is -0.778. The van der Waals surface area contributed by atoms with Crippen LogP contribution >= 0.6 is 0 Å². The van der Waals surface area contributed by atoms with Gasteiger partial charge in [0.05, 0.1) is 19.8 Å². The number of ether oxygens (including phenoxy) is 3. The summed E-state index contributed by atoms with van der Waals surface area (Å²) < 4.78 is 19.6. The molecule has 0 aliphatic carbocycles. The van der Waals surface area contributed by atoms with Crippen LogP contribution in [0.3, 0.4) is 0 Å². The van der Waals surface area contributed by atoms with Crippen LogP contribution in [0.25, 0.3) is 0 Å². The van der Waals surface area contributed by atoms with Gasteiger partial charge in [0, 0.05) is 6.42 Å². The molecule has 0 aliphatic heterocycles. The summed E-state index contributed by atoms with van der Waals surface area (Å²) in [7, 11) is 0. The van der Waals surface area contributed by atoms with Gasteiger partial charge in [-0.25, -0.2) is 0 Å². The molecule has 0 spiro atoms. The van der Waals surface area contributed by atoms with Crippen molar-refractivity contribution in [1.82, 2.24) is 0 Å². The molecule has 5 nitrogen and oxygen atoms in total. The molecule has 1 rings (SSSR count). The van der Waals surface area contributed by atoms with Crippen LogP contribution in [-0.2, 0) is 11.2 Å². The molecule has 68 heavy (non-hydrogen) atoms. The first-order valence-electron chi connectivity index (χ1n) is 30.9. The molecular weight excluding hydrogens is 837 g/mol. The minimum absolute atomic E-state index is 0.0938. The van der Waals surface area contributed by atoms with Crippen LogP contribution < -0.4 is 14.2 Å². The molecule has 0 aromatic heterocycles. The topological polar surface area (TPSA) is 65.0 Å². The van der Waals surface area contributed by atoms with E-state index in [1.807, 2.05) is 12.1 Å². The second-order valence-electron chi connectivity index (χ2n) is 21.3. The van der Waals surface area contributed by atoms with Gasteiger partial charge in [0.1, 0.15) is 0 Å². The lowest BCUT2D eigenvalue weighted by molar-refractivity contribution is -0.136. The van der Waals surface area contributed by atoms with E-state index in [1.54, 1.807) is 0 Å². The number of aliphatic carboxylic acids is 1. The molecule has 0 heterocycles. The number of hydrogen-bond acceptors (Lipinski definition) is 4. The van der Waals surface area contributed by atoms with E-state index in [2.05, 4.69) is 20.8 Å². The maximum Gasteiger partial charge on any atom is 0.303 e. The van der Waals surface area contributed by atoms with E-state index in [9.17, 15) is 9.90 Å². The highest BCUT2D eigenvalue weighted by Crippen LogP contribution is 2.40. The zero-order valence-electron chi connectivity index (χ0n) is 46.2. The number of carboxylic acids is 1. The first kappa shape index (κ1) is 64.1. The van der Waals surface area contributed by atoms with E-state index >= 15 is 0 Å². The smallest absolute Gasteiger partial charge is 0.303 e. The maximum atomic E-state index is 11.6. The summed E-state index contributed by atoms with van der Waals surface area (Å²) in [4.78, 5) is 11.6. The molecular formula is C63H118O5. The lowest BCUT2D eigenvalue weighted by Crippen LogP contribution is -2.08. The number of hydrogen-bond donors (Lipinski definition) is 1. The molecule has 400 valence electrons. The fraction of sp³-hybridized carbons (Fsp3) is 0.889. The summed E-state index contributed by atoms with van der Waals surface area (Å²) in [6.07, 6.45) is 65.4. The van der Waals surface area contributed by atoms with Crippen molar-refractivity contribution in [2.24, 2.45) is 0 Å². The molecule has 5 heteroatoms. The van der Waals surface area contributed by atoms with Crippen molar-refractivity contribution in [2.75, 3.05) is 19.8 Å². The number of aryl methyl sites for hydroxylation is 1. The first-order valence-corrected chi connectivity index (χ1v) is 30.9. The van der Waals surface area contributed by atoms with Gasteiger partial charge in [-0.3, -0.25) is 4.79 Å². The normalized spacial score (nSPS) is 11.5. The van der Waals surface area contributed by atoms with Crippen molar-refractivity contribution >= 4 is 5.97 Å². The van der Waals surface area contributed by atoms with Gasteiger partial charge in [-0.2, -0.15) is 0 Å². The number of rotatable bonds is 57. The summed E-state index contributed by atoms with van der Waals surface area (Å²) in [6, 6.07) is 4.06. The number of carboxylic acid groups (broad SMARTS) is 1. The van der Waals surface area contributed by atoms with Gasteiger partial charge in [0.2, 0.25) is 5.75 Å². The van der Waals surface area contributed by atoms with Crippen molar-refractivity contribution in [1.29, 1.82) is 0 Å². The fourth-order valence-corrected chi connectivity index (χ4v) is 9.87. The molecule has 0 unspecified atom stereocenters. The van der Waals surface area contributed by atoms with E-state index in [0.717, 1.165) is 42.1 Å². The molecule has 0 saturated heterocycles. The fourth-order valence-electron chi connectivity index (χ4n) is 9.87. The predicted octanol–water partition coefficient (Wildman–Crippen LogP) is 21.6. The Labute approximate surface area is 425 Å². The standard InChI is InChI=1S/C63H118O5/c1-4-7-10-13-16-19-22-25-28-31-34-37-40-43-46-49-54-66-60-57-59(52-53-62(64)65)58-61(67-55-50-47-44-41-38-35-32-29-26-23-20-17-14-11-8-5-2)63(60)68-56-51-48-45-42-39-36-33-30-27-24-21-18-15-12-9-6-3/h57-58H,4-56H2,1-3H3,(H,64,65). The first-order chi connectivity index (χ1) is 33.6. The predicted molar refractivity (Wildman–Crippen MR) is 298 cm³/mol. The summed E-state index contributed by atoms with van der Waals surface area (Å²) in [5.74, 6) is 1.40. The Bertz CT molecular complexity index is 1110. The third-order valence-electron chi connectivity index (χ3n) is 14.5. The Morgan fingerprint density at radius 1 is 0.324 bits per heavy atom. The highest BCUT2D eigenvalue weighted by atomic mass is 16.5. The molecule has 0 radical (unpaired) electrons. The van der Waals surface area contributed by atoms with Crippen LogP contribution in [0.15, 0.2) is 12.1 Å². The second kappa shape index (κ2) is 52.9. The maximum absolute atomic E-state index is 11.6. The number of unbranched alkanes of at least 4 members (excludes halogenated alkanes) is 45. The molecule has 0 bridgehead atoms. The molecule has 0 aliphatic rings. The van der Waals surface area contributed by atoms with Gasteiger partial charge in [0.25, 0.3) is 0 Å². The lowest BCUT2D eigenvalue weighted by Gasteiger charge is -2.19. The Morgan fingerprint density at radius 3 is 0.750 bits per heavy atom. The van der Waals surface area contributed by atoms with Crippen LogP contribution in [0.5, 0.6) is 17.2 Å². The van der Waals surface area contributed by atoms with Gasteiger partial charge in [0.15, 0.2) is 11.5 Å². The summed E-state index contributed by atoms with van der Waals surface area (Å²) in [5, 5.41) is 9.53. The van der Waals surface area contributed by atoms with Gasteiger partial charge in [-0.05, 0) is 43.4 Å². The Kier molecular flexibility index (Phi) is 49.9. The zero-order chi connectivity index (χ0) is 48.9. The van der Waals surface area contributed by atoms with Crippen LogP contribution in [-0.4, -0.2) is 30.9 Å². The van der Waals surface area contributed by atoms with E-state index in [-0.39, 0.29) is 6.42 Å². The van der Waals surface area contributed by atoms with E-state index < -0.39 is 5.97 Å². The Hall–Kier alpha value is -1.91. The van der Waals surface area contributed by atoms with Crippen molar-refractivity contribution in [3.05, 3.63) is 17.7 Å². The summed E-state index contributed by atoms with van der Waals surface area (Å²) >= 11 is 0. The van der Waals surface area contributed by atoms with Gasteiger partial charge in [-0.1, -0.05) is 310 Å². The van der Waals surface area contributed by atoms with Crippen molar-refractivity contribution in [3.8, 4) is 17.2 Å². The molecule has 0 amide bonds. The third-order valence-corrected chi connectivity index (χ3v) is 14.5. The van der Waals surface area contributed by atoms with E-state index in [1.165, 1.54) is 289 Å². The van der Waals surface area contributed by atoms with Gasteiger partial charge < -0.3 is 19.3 Å². The van der Waals surface area contributed by atoms with E-state index in [0.29, 0.717) is 26.2 Å². The number of carbonyl (C=O) groups is 1. The Morgan fingerprint density at radius 2 is 0.529 bits per heavy atom. The van der Waals surface area contributed by atoms with Crippen LogP contribution in [0.1, 0.15) is 341 Å². The average molecular weight is 956 g/mol. The molecule has 0 atom stereocenters. The van der Waals surface area contributed by atoms with Crippen molar-refractivity contribution in [2.45, 2.75) is 342 Å². The highest BCUT2D eigenvalue weighted by Gasteiger charge is 2.17. The molecule has 1 aromatic rings. The lowest BCUT2D eigenvalue weighted by atomic mass is 10.0. The van der Waals surface area contributed by atoms with Crippen molar-refractivity contribution < 1.29 is 24.1 Å². The second-order valence-corrected chi connectivity index (χ2v) is 21.3. The summed E-state index contributed by atoms with van der Waals surface area (Å²) in [5.41, 5.74) is 0.950. The quantitative estimate of drug-likeness (QED) is 0.0659. The Balaban J connectivity index is 2.54. The minimum Gasteiger partial charge on any atom is -0.490 e.